The minimum atomic E-state index is -0.580. The zero-order chi connectivity index (χ0) is 20.1. The van der Waals surface area contributed by atoms with Crippen LogP contribution in [-0.4, -0.2) is 4.98 Å². The number of allylic oxidation sites excluding steroid dienone is 1. The van der Waals surface area contributed by atoms with Crippen LogP contribution in [0.3, 0.4) is 0 Å². The van der Waals surface area contributed by atoms with E-state index in [9.17, 15) is 10.1 Å². The molecule has 0 fully saturated rings. The van der Waals surface area contributed by atoms with Crippen molar-refractivity contribution in [3.63, 3.8) is 0 Å². The Labute approximate surface area is 166 Å². The summed E-state index contributed by atoms with van der Waals surface area (Å²) in [6, 6.07) is 21.6. The highest BCUT2D eigenvalue weighted by Crippen LogP contribution is 2.43. The van der Waals surface area contributed by atoms with Crippen LogP contribution in [0.1, 0.15) is 22.6 Å². The van der Waals surface area contributed by atoms with E-state index < -0.39 is 5.92 Å². The van der Waals surface area contributed by atoms with Gasteiger partial charge in [0.25, 0.3) is 5.56 Å². The molecule has 1 aromatic heterocycles. The normalized spacial score (nSPS) is 15.8. The fourth-order valence-corrected chi connectivity index (χ4v) is 4.06. The highest BCUT2D eigenvalue weighted by atomic mass is 16.5. The first kappa shape index (κ1) is 17.1. The number of fused-ring (bicyclic) bond motifs is 5. The van der Waals surface area contributed by atoms with Crippen LogP contribution in [0.15, 0.2) is 76.9 Å². The molecule has 0 saturated carbocycles. The molecule has 0 aliphatic carbocycles. The van der Waals surface area contributed by atoms with E-state index in [-0.39, 0.29) is 17.0 Å². The maximum absolute atomic E-state index is 13.2. The number of pyridine rings is 1. The molecule has 1 aliphatic heterocycles. The lowest BCUT2D eigenvalue weighted by Crippen LogP contribution is -2.27. The third-order valence-corrected chi connectivity index (χ3v) is 5.49. The summed E-state index contributed by atoms with van der Waals surface area (Å²) in [5, 5.41) is 12.4. The Morgan fingerprint density at radius 2 is 1.79 bits per heavy atom. The van der Waals surface area contributed by atoms with Gasteiger partial charge in [-0.25, -0.2) is 0 Å². The molecular formula is C24H17N3O2. The summed E-state index contributed by atoms with van der Waals surface area (Å²) in [4.78, 5) is 16.3. The number of nitrogens with one attached hydrogen (secondary N) is 1. The lowest BCUT2D eigenvalue weighted by molar-refractivity contribution is 0.397. The molecule has 1 unspecified atom stereocenters. The van der Waals surface area contributed by atoms with Crippen molar-refractivity contribution in [1.29, 1.82) is 5.26 Å². The van der Waals surface area contributed by atoms with Crippen LogP contribution in [0.2, 0.25) is 0 Å². The van der Waals surface area contributed by atoms with Gasteiger partial charge in [-0.2, -0.15) is 5.26 Å². The first-order chi connectivity index (χ1) is 14.1. The number of nitriles is 1. The number of aromatic nitrogens is 1. The number of aryl methyl sites for hydroxylation is 1. The molecule has 0 spiro atoms. The molecule has 2 heterocycles. The van der Waals surface area contributed by atoms with Crippen LogP contribution >= 0.6 is 0 Å². The molecule has 4 aromatic rings. The van der Waals surface area contributed by atoms with E-state index in [1.807, 2.05) is 67.6 Å². The smallest absolute Gasteiger partial charge is 0.256 e. The molecular weight excluding hydrogens is 362 g/mol. The molecule has 3 aromatic carbocycles. The average Bonchev–Trinajstić information content (AvgIpc) is 2.73. The van der Waals surface area contributed by atoms with Gasteiger partial charge in [-0.1, -0.05) is 60.2 Å². The summed E-state index contributed by atoms with van der Waals surface area (Å²) in [6.45, 7) is 1.99. The van der Waals surface area contributed by atoms with E-state index in [0.29, 0.717) is 16.8 Å². The van der Waals surface area contributed by atoms with E-state index in [0.717, 1.165) is 27.3 Å². The van der Waals surface area contributed by atoms with Gasteiger partial charge in [0.15, 0.2) is 0 Å². The Morgan fingerprint density at radius 1 is 1.03 bits per heavy atom. The number of rotatable bonds is 1. The molecule has 5 heteroatoms. The molecule has 140 valence electrons. The van der Waals surface area contributed by atoms with E-state index in [1.165, 1.54) is 0 Å². The average molecular weight is 379 g/mol. The molecule has 5 rings (SSSR count). The second-order valence-electron chi connectivity index (χ2n) is 7.24. The molecule has 0 saturated heterocycles. The molecule has 1 aliphatic rings. The molecule has 1 atom stereocenters. The van der Waals surface area contributed by atoms with Crippen LogP contribution in [0.4, 0.5) is 0 Å². The number of nitrogens with two attached hydrogens (primary N) is 1. The SMILES string of the molecule is Cc1ccc(C2C(C#N)=C(N)Oc3c2c(=O)[nH]c2c3ccc3ccccc32)cc1. The largest absolute Gasteiger partial charge is 0.439 e. The molecule has 0 radical (unpaired) electrons. The highest BCUT2D eigenvalue weighted by Gasteiger charge is 2.34. The minimum absolute atomic E-state index is 0.0330. The van der Waals surface area contributed by atoms with Crippen molar-refractivity contribution in [1.82, 2.24) is 4.98 Å². The van der Waals surface area contributed by atoms with Crippen molar-refractivity contribution >= 4 is 21.7 Å². The van der Waals surface area contributed by atoms with Crippen LogP contribution in [0.25, 0.3) is 21.7 Å². The monoisotopic (exact) mass is 379 g/mol. The van der Waals surface area contributed by atoms with Crippen LogP contribution in [0, 0.1) is 18.3 Å². The van der Waals surface area contributed by atoms with Crippen molar-refractivity contribution < 1.29 is 4.74 Å². The fourth-order valence-electron chi connectivity index (χ4n) is 4.06. The van der Waals surface area contributed by atoms with E-state index in [1.54, 1.807) is 0 Å². The summed E-state index contributed by atoms with van der Waals surface area (Å²) in [5.74, 6) is -0.133. The van der Waals surface area contributed by atoms with Crippen molar-refractivity contribution in [2.24, 2.45) is 5.73 Å². The van der Waals surface area contributed by atoms with Gasteiger partial charge < -0.3 is 15.5 Å². The first-order valence-corrected chi connectivity index (χ1v) is 9.30. The third-order valence-electron chi connectivity index (χ3n) is 5.49. The summed E-state index contributed by atoms with van der Waals surface area (Å²) >= 11 is 0. The quantitative estimate of drug-likeness (QED) is 0.485. The van der Waals surface area contributed by atoms with Gasteiger partial charge >= 0.3 is 0 Å². The second-order valence-corrected chi connectivity index (χ2v) is 7.24. The van der Waals surface area contributed by atoms with E-state index in [4.69, 9.17) is 10.5 Å². The zero-order valence-electron chi connectivity index (χ0n) is 15.7. The number of nitrogens with zero attached hydrogens (tertiary/aromatic N) is 1. The predicted octanol–water partition coefficient (Wildman–Crippen LogP) is 4.21. The highest BCUT2D eigenvalue weighted by molar-refractivity contribution is 6.07. The first-order valence-electron chi connectivity index (χ1n) is 9.30. The Bertz CT molecular complexity index is 1420. The van der Waals surface area contributed by atoms with Gasteiger partial charge in [0.05, 0.1) is 17.0 Å². The topological polar surface area (TPSA) is 91.9 Å². The van der Waals surface area contributed by atoms with Gasteiger partial charge in [0.2, 0.25) is 5.88 Å². The standard InChI is InChI=1S/C24H17N3O2/c1-13-6-8-15(9-7-13)19-18(12-25)23(26)29-22-17-11-10-14-4-2-3-5-16(14)21(17)27-24(28)20(19)22/h2-11,19H,26H2,1H3,(H,27,28). The number of hydrogen-bond acceptors (Lipinski definition) is 4. The molecule has 0 bridgehead atoms. The van der Waals surface area contributed by atoms with Gasteiger partial charge in [0.1, 0.15) is 17.4 Å². The number of aromatic amines is 1. The van der Waals surface area contributed by atoms with Crippen molar-refractivity contribution in [2.75, 3.05) is 0 Å². The van der Waals surface area contributed by atoms with E-state index in [2.05, 4.69) is 11.1 Å². The lowest BCUT2D eigenvalue weighted by atomic mass is 9.83. The number of ether oxygens (including phenoxy) is 1. The number of benzene rings is 3. The van der Waals surface area contributed by atoms with E-state index >= 15 is 0 Å². The number of H-pyrrole nitrogens is 1. The molecule has 5 nitrogen and oxygen atoms in total. The predicted molar refractivity (Wildman–Crippen MR) is 113 cm³/mol. The fraction of sp³-hybridized carbons (Fsp3) is 0.0833. The molecule has 3 N–H and O–H groups in total. The summed E-state index contributed by atoms with van der Waals surface area (Å²) < 4.78 is 5.87. The van der Waals surface area contributed by atoms with Gasteiger partial charge in [-0.3, -0.25) is 4.79 Å². The zero-order valence-corrected chi connectivity index (χ0v) is 15.7. The minimum Gasteiger partial charge on any atom is -0.439 e. The van der Waals surface area contributed by atoms with Crippen molar-refractivity contribution in [3.8, 4) is 11.8 Å². The third kappa shape index (κ3) is 2.50. The van der Waals surface area contributed by atoms with Gasteiger partial charge in [-0.15, -0.1) is 0 Å². The summed E-state index contributed by atoms with van der Waals surface area (Å²) in [6.07, 6.45) is 0. The van der Waals surface area contributed by atoms with Crippen molar-refractivity contribution in [2.45, 2.75) is 12.8 Å². The van der Waals surface area contributed by atoms with Crippen LogP contribution in [0.5, 0.6) is 5.75 Å². The summed E-state index contributed by atoms with van der Waals surface area (Å²) in [5.41, 5.74) is 9.12. The Balaban J connectivity index is 1.88. The summed E-state index contributed by atoms with van der Waals surface area (Å²) in [7, 11) is 0. The second kappa shape index (κ2) is 6.25. The van der Waals surface area contributed by atoms with Crippen LogP contribution in [-0.2, 0) is 0 Å². The lowest BCUT2D eigenvalue weighted by Gasteiger charge is -2.26. The van der Waals surface area contributed by atoms with Gasteiger partial charge in [-0.05, 0) is 23.9 Å². The number of hydrogen-bond donors (Lipinski definition) is 2. The van der Waals surface area contributed by atoms with Crippen LogP contribution < -0.4 is 16.0 Å². The molecule has 29 heavy (non-hydrogen) atoms. The maximum Gasteiger partial charge on any atom is 0.256 e. The maximum atomic E-state index is 13.2. The van der Waals surface area contributed by atoms with Crippen molar-refractivity contribution in [3.05, 3.63) is 99.2 Å². The Hall–Kier alpha value is -4.04. The Morgan fingerprint density at radius 3 is 2.55 bits per heavy atom. The van der Waals surface area contributed by atoms with Gasteiger partial charge in [0, 0.05) is 10.8 Å². The molecule has 0 amide bonds. The Kier molecular flexibility index (Phi) is 3.68.